The van der Waals surface area contributed by atoms with E-state index in [1.807, 2.05) is 6.92 Å². The summed E-state index contributed by atoms with van der Waals surface area (Å²) < 4.78 is 0. The van der Waals surface area contributed by atoms with Crippen molar-refractivity contribution in [2.24, 2.45) is 0 Å². The summed E-state index contributed by atoms with van der Waals surface area (Å²) in [4.78, 5) is 4.93. The Hall–Kier alpha value is -1.33. The highest BCUT2D eigenvalue weighted by molar-refractivity contribution is 8.06. The van der Waals surface area contributed by atoms with Crippen molar-refractivity contribution in [2.45, 2.75) is 6.92 Å². The molecule has 3 rings (SSSR count). The first-order valence-electron chi connectivity index (χ1n) is 7.14. The van der Waals surface area contributed by atoms with Gasteiger partial charge >= 0.3 is 0 Å². The summed E-state index contributed by atoms with van der Waals surface area (Å²) in [7, 11) is 0. The summed E-state index contributed by atoms with van der Waals surface area (Å²) in [5.41, 5.74) is 2.53. The van der Waals surface area contributed by atoms with E-state index in [0.29, 0.717) is 0 Å². The van der Waals surface area contributed by atoms with Crippen LogP contribution in [0.4, 0.5) is 0 Å². The van der Waals surface area contributed by atoms with E-state index in [4.69, 9.17) is 0 Å². The van der Waals surface area contributed by atoms with Crippen molar-refractivity contribution >= 4 is 56.9 Å². The quantitative estimate of drug-likeness (QED) is 0.401. The van der Waals surface area contributed by atoms with Crippen molar-refractivity contribution in [3.8, 4) is 0 Å². The van der Waals surface area contributed by atoms with E-state index in [-0.39, 0.29) is 0 Å². The van der Waals surface area contributed by atoms with E-state index in [0.717, 1.165) is 4.91 Å². The van der Waals surface area contributed by atoms with Gasteiger partial charge in [0.15, 0.2) is 0 Å². The maximum Gasteiger partial charge on any atom is 0.0363 e. The van der Waals surface area contributed by atoms with Crippen LogP contribution in [0.5, 0.6) is 0 Å². The van der Waals surface area contributed by atoms with Gasteiger partial charge in [-0.25, -0.2) is 0 Å². The van der Waals surface area contributed by atoms with Gasteiger partial charge in [-0.2, -0.15) is 0 Å². The lowest BCUT2D eigenvalue weighted by Gasteiger charge is -2.14. The van der Waals surface area contributed by atoms with Crippen molar-refractivity contribution in [1.29, 1.82) is 0 Å². The van der Waals surface area contributed by atoms with Crippen molar-refractivity contribution in [1.82, 2.24) is 0 Å². The van der Waals surface area contributed by atoms with Crippen LogP contribution in [0, 0.1) is 0 Å². The van der Waals surface area contributed by atoms with Crippen LogP contribution in [0.3, 0.4) is 0 Å². The largest absolute Gasteiger partial charge is 0.144 e. The molecular weight excluding hydrogens is 356 g/mol. The normalized spacial score (nSPS) is 11.0. The summed E-state index contributed by atoms with van der Waals surface area (Å²) in [5, 5.41) is 8.49. The first-order chi connectivity index (χ1) is 11.3. The fraction of sp³-hybridized carbons (Fsp3) is 0.0526. The predicted octanol–water partition coefficient (Wildman–Crippen LogP) is 7.61. The number of hydrogen-bond acceptors (Lipinski definition) is 4. The summed E-state index contributed by atoms with van der Waals surface area (Å²) in [6.45, 7) is 6.39. The van der Waals surface area contributed by atoms with Gasteiger partial charge in [0.25, 0.3) is 0 Å². The fourth-order valence-electron chi connectivity index (χ4n) is 2.24. The number of thiophene rings is 3. The highest BCUT2D eigenvalue weighted by atomic mass is 32.2. The zero-order chi connectivity index (χ0) is 16.1. The van der Waals surface area contributed by atoms with Gasteiger partial charge in [-0.15, -0.1) is 34.0 Å². The third-order valence-corrected chi connectivity index (χ3v) is 6.74. The third-order valence-electron chi connectivity index (χ3n) is 3.18. The molecule has 0 bridgehead atoms. The number of thioether (sulfide) groups is 1. The second kappa shape index (κ2) is 7.97. The van der Waals surface area contributed by atoms with Crippen LogP contribution in [0.2, 0.25) is 0 Å². The minimum absolute atomic E-state index is 1.09. The molecule has 0 unspecified atom stereocenters. The van der Waals surface area contributed by atoms with E-state index < -0.39 is 0 Å². The van der Waals surface area contributed by atoms with Crippen molar-refractivity contribution in [3.63, 3.8) is 0 Å². The summed E-state index contributed by atoms with van der Waals surface area (Å²) >= 11 is 7.02. The number of hydrogen-bond donors (Lipinski definition) is 0. The summed E-state index contributed by atoms with van der Waals surface area (Å²) in [6.07, 6.45) is 2.05. The fourth-order valence-corrected chi connectivity index (χ4v) is 5.38. The molecule has 3 heterocycles. The Morgan fingerprint density at radius 3 is 1.87 bits per heavy atom. The molecule has 3 aromatic rings. The van der Waals surface area contributed by atoms with Gasteiger partial charge in [-0.3, -0.25) is 0 Å². The van der Waals surface area contributed by atoms with Gasteiger partial charge in [0.1, 0.15) is 0 Å². The van der Waals surface area contributed by atoms with E-state index in [9.17, 15) is 0 Å². The molecular formula is C19H16S4. The molecule has 0 aliphatic rings. The van der Waals surface area contributed by atoms with Crippen molar-refractivity contribution in [3.05, 3.63) is 90.1 Å². The van der Waals surface area contributed by atoms with Crippen LogP contribution in [0.15, 0.2) is 75.5 Å². The van der Waals surface area contributed by atoms with Crippen molar-refractivity contribution in [2.75, 3.05) is 0 Å². The van der Waals surface area contributed by atoms with Gasteiger partial charge in [0, 0.05) is 30.7 Å². The maximum atomic E-state index is 4.36. The highest BCUT2D eigenvalue weighted by Crippen LogP contribution is 2.44. The monoisotopic (exact) mass is 372 g/mol. The zero-order valence-corrected chi connectivity index (χ0v) is 16.0. The summed E-state index contributed by atoms with van der Waals surface area (Å²) in [6, 6.07) is 12.9. The minimum atomic E-state index is 1.09. The van der Waals surface area contributed by atoms with E-state index in [1.54, 1.807) is 45.8 Å². The Labute approximate surface area is 153 Å². The first kappa shape index (κ1) is 16.5. The second-order valence-corrected chi connectivity index (χ2v) is 8.54. The lowest BCUT2D eigenvalue weighted by Crippen LogP contribution is -1.90. The third kappa shape index (κ3) is 3.78. The van der Waals surface area contributed by atoms with E-state index in [2.05, 4.69) is 70.6 Å². The molecule has 0 aromatic carbocycles. The van der Waals surface area contributed by atoms with E-state index in [1.165, 1.54) is 25.8 Å². The average molecular weight is 373 g/mol. The number of rotatable bonds is 6. The Bertz CT molecular complexity index is 765. The molecule has 116 valence electrons. The topological polar surface area (TPSA) is 0 Å². The molecule has 0 spiro atoms. The molecule has 0 radical (unpaired) electrons. The molecule has 0 amide bonds. The van der Waals surface area contributed by atoms with Gasteiger partial charge in [0.2, 0.25) is 0 Å². The van der Waals surface area contributed by atoms with Crippen LogP contribution in [0.25, 0.3) is 11.1 Å². The molecule has 0 aliphatic heterocycles. The van der Waals surface area contributed by atoms with E-state index >= 15 is 0 Å². The lowest BCUT2D eigenvalue weighted by atomic mass is 10.0. The van der Waals surface area contributed by atoms with Gasteiger partial charge in [-0.05, 0) is 46.7 Å². The standard InChI is InChI=1S/C19H16S4/c1-3-10-20-14(2)18(15-7-4-11-21-15)19(16-8-5-12-22-16)17-9-6-13-23-17/h3-13H,2H2,1H3/b10-3-. The SMILES string of the molecule is C=C(S/C=C\C)C(=C(c1cccs1)c1cccs1)c1cccs1. The molecule has 23 heavy (non-hydrogen) atoms. The Morgan fingerprint density at radius 1 is 0.913 bits per heavy atom. The van der Waals surface area contributed by atoms with Gasteiger partial charge < -0.3 is 0 Å². The molecule has 0 saturated heterocycles. The molecule has 3 aromatic heterocycles. The maximum absolute atomic E-state index is 4.36. The molecule has 0 atom stereocenters. The first-order valence-corrected chi connectivity index (χ1v) is 10.7. The smallest absolute Gasteiger partial charge is 0.0363 e. The summed E-state index contributed by atoms with van der Waals surface area (Å²) in [5.74, 6) is 0. The molecule has 0 nitrogen and oxygen atoms in total. The molecule has 0 N–H and O–H groups in total. The minimum Gasteiger partial charge on any atom is -0.144 e. The Morgan fingerprint density at radius 2 is 1.43 bits per heavy atom. The van der Waals surface area contributed by atoms with Gasteiger partial charge in [-0.1, -0.05) is 42.6 Å². The lowest BCUT2D eigenvalue weighted by molar-refractivity contribution is 1.75. The average Bonchev–Trinajstić information content (AvgIpc) is 3.33. The molecule has 0 aliphatic carbocycles. The molecule has 0 fully saturated rings. The second-order valence-electron chi connectivity index (χ2n) is 4.69. The Kier molecular flexibility index (Phi) is 5.73. The van der Waals surface area contributed by atoms with Crippen LogP contribution in [-0.2, 0) is 0 Å². The number of allylic oxidation sites excluding steroid dienone is 2. The zero-order valence-electron chi connectivity index (χ0n) is 12.7. The van der Waals surface area contributed by atoms with Crippen LogP contribution >= 0.6 is 45.8 Å². The predicted molar refractivity (Wildman–Crippen MR) is 110 cm³/mol. The highest BCUT2D eigenvalue weighted by Gasteiger charge is 2.18. The van der Waals surface area contributed by atoms with Crippen LogP contribution in [-0.4, -0.2) is 0 Å². The van der Waals surface area contributed by atoms with Crippen molar-refractivity contribution < 1.29 is 0 Å². The molecule has 0 saturated carbocycles. The van der Waals surface area contributed by atoms with Crippen LogP contribution < -0.4 is 0 Å². The molecule has 4 heteroatoms. The Balaban J connectivity index is 2.23. The van der Waals surface area contributed by atoms with Crippen LogP contribution in [0.1, 0.15) is 21.6 Å². The van der Waals surface area contributed by atoms with Gasteiger partial charge in [0.05, 0.1) is 0 Å².